The quantitative estimate of drug-likeness (QED) is 0.885. The number of benzene rings is 2. The number of aryl methyl sites for hydroxylation is 1. The van der Waals surface area contributed by atoms with Crippen molar-refractivity contribution in [2.75, 3.05) is 0 Å². The van der Waals surface area contributed by atoms with Crippen LogP contribution in [0.5, 0.6) is 0 Å². The van der Waals surface area contributed by atoms with Gasteiger partial charge in [-0.15, -0.1) is 0 Å². The van der Waals surface area contributed by atoms with Crippen molar-refractivity contribution in [3.63, 3.8) is 0 Å². The predicted octanol–water partition coefficient (Wildman–Crippen LogP) is 4.39. The monoisotopic (exact) mass is 335 g/mol. The molecule has 4 heteroatoms. The van der Waals surface area contributed by atoms with E-state index < -0.39 is 11.7 Å². The first-order valence-electron chi connectivity index (χ1n) is 6.30. The minimum absolute atomic E-state index is 0.0644. The second kappa shape index (κ2) is 6.18. The summed E-state index contributed by atoms with van der Waals surface area (Å²) in [5.74, 6) is -0.910. The number of carbonyl (C=O) groups is 1. The Kier molecular flexibility index (Phi) is 4.55. The maximum Gasteiger partial charge on any atom is 0.254 e. The number of rotatable bonds is 3. The molecule has 0 radical (unpaired) electrons. The maximum atomic E-state index is 13.8. The summed E-state index contributed by atoms with van der Waals surface area (Å²) in [5.41, 5.74) is 1.81. The molecular formula is C16H15BrFNO. The van der Waals surface area contributed by atoms with Crippen LogP contribution in [0.2, 0.25) is 0 Å². The van der Waals surface area contributed by atoms with Gasteiger partial charge < -0.3 is 5.32 Å². The van der Waals surface area contributed by atoms with E-state index in [1.165, 1.54) is 12.1 Å². The molecule has 1 unspecified atom stereocenters. The van der Waals surface area contributed by atoms with Crippen LogP contribution in [0.3, 0.4) is 0 Å². The van der Waals surface area contributed by atoms with Gasteiger partial charge in [-0.1, -0.05) is 40.2 Å². The molecule has 0 aliphatic heterocycles. The molecule has 104 valence electrons. The summed E-state index contributed by atoms with van der Waals surface area (Å²) in [6.07, 6.45) is 0. The summed E-state index contributed by atoms with van der Waals surface area (Å²) in [5, 5.41) is 2.80. The van der Waals surface area contributed by atoms with Gasteiger partial charge in [0, 0.05) is 4.47 Å². The zero-order valence-electron chi connectivity index (χ0n) is 11.3. The SMILES string of the molecule is Cc1ccc(C(=O)NC(C)c2ccccc2Br)c(F)c1. The lowest BCUT2D eigenvalue weighted by atomic mass is 10.1. The van der Waals surface area contributed by atoms with Crippen LogP contribution in [0.15, 0.2) is 46.9 Å². The fourth-order valence-corrected chi connectivity index (χ4v) is 2.61. The van der Waals surface area contributed by atoms with Gasteiger partial charge in [-0.2, -0.15) is 0 Å². The number of hydrogen-bond acceptors (Lipinski definition) is 1. The second-order valence-electron chi connectivity index (χ2n) is 4.70. The molecule has 0 aliphatic rings. The van der Waals surface area contributed by atoms with Crippen molar-refractivity contribution in [3.8, 4) is 0 Å². The van der Waals surface area contributed by atoms with Crippen molar-refractivity contribution in [3.05, 3.63) is 69.4 Å². The number of nitrogens with one attached hydrogen (secondary N) is 1. The summed E-state index contributed by atoms with van der Waals surface area (Å²) in [4.78, 5) is 12.1. The fraction of sp³-hybridized carbons (Fsp3) is 0.188. The molecule has 2 nitrogen and oxygen atoms in total. The zero-order chi connectivity index (χ0) is 14.7. The van der Waals surface area contributed by atoms with Gasteiger partial charge in [0.25, 0.3) is 5.91 Å². The highest BCUT2D eigenvalue weighted by molar-refractivity contribution is 9.10. The van der Waals surface area contributed by atoms with E-state index in [-0.39, 0.29) is 11.6 Å². The topological polar surface area (TPSA) is 29.1 Å². The number of halogens is 2. The molecule has 1 atom stereocenters. The first-order valence-corrected chi connectivity index (χ1v) is 7.10. The number of carbonyl (C=O) groups excluding carboxylic acids is 1. The summed E-state index contributed by atoms with van der Waals surface area (Å²) >= 11 is 3.44. The molecule has 2 aromatic carbocycles. The molecule has 0 heterocycles. The average molecular weight is 336 g/mol. The van der Waals surface area contributed by atoms with Gasteiger partial charge in [-0.25, -0.2) is 4.39 Å². The van der Waals surface area contributed by atoms with Crippen molar-refractivity contribution in [2.45, 2.75) is 19.9 Å². The average Bonchev–Trinajstić information content (AvgIpc) is 2.38. The van der Waals surface area contributed by atoms with Crippen LogP contribution < -0.4 is 5.32 Å². The predicted molar refractivity (Wildman–Crippen MR) is 81.2 cm³/mol. The molecule has 2 rings (SSSR count). The second-order valence-corrected chi connectivity index (χ2v) is 5.55. The highest BCUT2D eigenvalue weighted by atomic mass is 79.9. The lowest BCUT2D eigenvalue weighted by Crippen LogP contribution is -2.27. The first kappa shape index (κ1) is 14.7. The van der Waals surface area contributed by atoms with Crippen molar-refractivity contribution >= 4 is 21.8 Å². The van der Waals surface area contributed by atoms with Crippen molar-refractivity contribution < 1.29 is 9.18 Å². The van der Waals surface area contributed by atoms with E-state index in [0.29, 0.717) is 0 Å². The Morgan fingerprint density at radius 2 is 1.95 bits per heavy atom. The van der Waals surface area contributed by atoms with E-state index >= 15 is 0 Å². The summed E-state index contributed by atoms with van der Waals surface area (Å²) < 4.78 is 14.7. The maximum absolute atomic E-state index is 13.8. The molecule has 20 heavy (non-hydrogen) atoms. The van der Waals surface area contributed by atoms with E-state index in [2.05, 4.69) is 21.2 Å². The Morgan fingerprint density at radius 1 is 1.25 bits per heavy atom. The van der Waals surface area contributed by atoms with E-state index in [9.17, 15) is 9.18 Å². The molecule has 1 N–H and O–H groups in total. The summed E-state index contributed by atoms with van der Waals surface area (Å²) in [7, 11) is 0. The third kappa shape index (κ3) is 3.25. The standard InChI is InChI=1S/C16H15BrFNO/c1-10-7-8-13(15(18)9-10)16(20)19-11(2)12-5-3-4-6-14(12)17/h3-9,11H,1-2H3,(H,19,20). The van der Waals surface area contributed by atoms with Gasteiger partial charge in [0.15, 0.2) is 0 Å². The smallest absolute Gasteiger partial charge is 0.254 e. The first-order chi connectivity index (χ1) is 9.49. The third-order valence-electron chi connectivity index (χ3n) is 3.09. The Morgan fingerprint density at radius 3 is 2.60 bits per heavy atom. The van der Waals surface area contributed by atoms with Crippen LogP contribution in [0.4, 0.5) is 4.39 Å². The van der Waals surface area contributed by atoms with E-state index in [4.69, 9.17) is 0 Å². The molecule has 0 aliphatic carbocycles. The van der Waals surface area contributed by atoms with Crippen LogP contribution in [-0.2, 0) is 0 Å². The fourth-order valence-electron chi connectivity index (χ4n) is 1.98. The normalized spacial score (nSPS) is 12.0. The number of hydrogen-bond donors (Lipinski definition) is 1. The Balaban J connectivity index is 2.17. The zero-order valence-corrected chi connectivity index (χ0v) is 12.9. The Labute approximate surface area is 126 Å². The molecule has 0 saturated heterocycles. The Hall–Kier alpha value is -1.68. The number of amides is 1. The summed E-state index contributed by atoms with van der Waals surface area (Å²) in [6, 6.07) is 12.0. The van der Waals surface area contributed by atoms with Crippen molar-refractivity contribution in [2.24, 2.45) is 0 Å². The van der Waals surface area contributed by atoms with Crippen LogP contribution in [0.1, 0.15) is 34.5 Å². The van der Waals surface area contributed by atoms with Gasteiger partial charge in [0.05, 0.1) is 11.6 Å². The van der Waals surface area contributed by atoms with Crippen LogP contribution >= 0.6 is 15.9 Å². The molecule has 0 bridgehead atoms. The van der Waals surface area contributed by atoms with Crippen LogP contribution in [-0.4, -0.2) is 5.91 Å². The van der Waals surface area contributed by atoms with E-state index in [1.807, 2.05) is 31.2 Å². The third-order valence-corrected chi connectivity index (χ3v) is 3.81. The van der Waals surface area contributed by atoms with Crippen molar-refractivity contribution in [1.82, 2.24) is 5.32 Å². The molecule has 2 aromatic rings. The van der Waals surface area contributed by atoms with Gasteiger partial charge in [0.1, 0.15) is 5.82 Å². The van der Waals surface area contributed by atoms with Gasteiger partial charge in [-0.3, -0.25) is 4.79 Å². The largest absolute Gasteiger partial charge is 0.345 e. The van der Waals surface area contributed by atoms with Crippen LogP contribution in [0.25, 0.3) is 0 Å². The van der Waals surface area contributed by atoms with Gasteiger partial charge in [-0.05, 0) is 43.2 Å². The van der Waals surface area contributed by atoms with Crippen molar-refractivity contribution in [1.29, 1.82) is 0 Å². The van der Waals surface area contributed by atoms with E-state index in [1.54, 1.807) is 13.0 Å². The lowest BCUT2D eigenvalue weighted by Gasteiger charge is -2.16. The lowest BCUT2D eigenvalue weighted by molar-refractivity contribution is 0.0935. The molecule has 0 spiro atoms. The highest BCUT2D eigenvalue weighted by Crippen LogP contribution is 2.23. The van der Waals surface area contributed by atoms with Gasteiger partial charge in [0.2, 0.25) is 0 Å². The Bertz CT molecular complexity index is 642. The highest BCUT2D eigenvalue weighted by Gasteiger charge is 2.16. The van der Waals surface area contributed by atoms with E-state index in [0.717, 1.165) is 15.6 Å². The minimum atomic E-state index is -0.498. The van der Waals surface area contributed by atoms with Crippen LogP contribution in [0, 0.1) is 12.7 Å². The molecule has 0 aromatic heterocycles. The summed E-state index contributed by atoms with van der Waals surface area (Å²) in [6.45, 7) is 3.65. The minimum Gasteiger partial charge on any atom is -0.345 e. The molecule has 0 saturated carbocycles. The molecule has 1 amide bonds. The van der Waals surface area contributed by atoms with Gasteiger partial charge >= 0.3 is 0 Å². The molecular weight excluding hydrogens is 321 g/mol. The molecule has 0 fully saturated rings.